The Morgan fingerprint density at radius 1 is 1.35 bits per heavy atom. The molecule has 2 aromatic rings. The molecule has 5 nitrogen and oxygen atoms in total. The Balaban J connectivity index is 2.11. The second-order valence-corrected chi connectivity index (χ2v) is 3.80. The van der Waals surface area contributed by atoms with Gasteiger partial charge in [-0.2, -0.15) is 0 Å². The van der Waals surface area contributed by atoms with Gasteiger partial charge in [0.2, 0.25) is 0 Å². The maximum Gasteiger partial charge on any atom is 0.272 e. The van der Waals surface area contributed by atoms with Crippen LogP contribution in [0, 0.1) is 17.0 Å². The lowest BCUT2D eigenvalue weighted by Crippen LogP contribution is -2.11. The van der Waals surface area contributed by atoms with Gasteiger partial charge in [0.25, 0.3) is 5.69 Å². The summed E-state index contributed by atoms with van der Waals surface area (Å²) in [4.78, 5) is 10.4. The summed E-state index contributed by atoms with van der Waals surface area (Å²) >= 11 is 0. The number of benzene rings is 1. The van der Waals surface area contributed by atoms with Gasteiger partial charge < -0.3 is 5.43 Å². The maximum absolute atomic E-state index is 10.8. The van der Waals surface area contributed by atoms with Gasteiger partial charge in [-0.25, -0.2) is 0 Å². The molecule has 0 aliphatic heterocycles. The minimum absolute atomic E-state index is 0.164. The van der Waals surface area contributed by atoms with Crippen molar-refractivity contribution >= 4 is 5.69 Å². The molecule has 1 heterocycles. The predicted molar refractivity (Wildman–Crippen MR) is 65.3 cm³/mol. The van der Waals surface area contributed by atoms with Gasteiger partial charge >= 0.3 is 0 Å². The van der Waals surface area contributed by atoms with Gasteiger partial charge in [0.1, 0.15) is 0 Å². The predicted octanol–water partition coefficient (Wildman–Crippen LogP) is 2.45. The minimum atomic E-state index is -0.353. The topological polar surface area (TPSA) is 60.1 Å². The summed E-state index contributed by atoms with van der Waals surface area (Å²) in [7, 11) is 0. The highest BCUT2D eigenvalue weighted by Gasteiger charge is 2.10. The Morgan fingerprint density at radius 2 is 2.06 bits per heavy atom. The molecule has 0 saturated carbocycles. The first kappa shape index (κ1) is 11.2. The first-order valence-electron chi connectivity index (χ1n) is 5.27. The van der Waals surface area contributed by atoms with E-state index in [4.69, 9.17) is 0 Å². The zero-order chi connectivity index (χ0) is 12.3. The molecule has 1 aromatic heterocycles. The van der Waals surface area contributed by atoms with E-state index >= 15 is 0 Å². The molecule has 0 aliphatic rings. The molecule has 88 valence electrons. The summed E-state index contributed by atoms with van der Waals surface area (Å²) in [5.74, 6) is 0. The SMILES string of the molecule is Cc1ccc(CNn2cccc2)cc1[N+](=O)[O-]. The summed E-state index contributed by atoms with van der Waals surface area (Å²) in [5, 5.41) is 10.8. The summed E-state index contributed by atoms with van der Waals surface area (Å²) in [6.45, 7) is 2.29. The van der Waals surface area contributed by atoms with Crippen molar-refractivity contribution in [3.63, 3.8) is 0 Å². The first-order chi connectivity index (χ1) is 8.16. The standard InChI is InChI=1S/C12H13N3O2/c1-10-4-5-11(8-12(10)15(16)17)9-13-14-6-2-3-7-14/h2-8,13H,9H2,1H3. The number of hydrogen-bond donors (Lipinski definition) is 1. The summed E-state index contributed by atoms with van der Waals surface area (Å²) < 4.78 is 1.81. The molecule has 0 aliphatic carbocycles. The minimum Gasteiger partial charge on any atom is -0.322 e. The summed E-state index contributed by atoms with van der Waals surface area (Å²) in [6, 6.07) is 9.07. The highest BCUT2D eigenvalue weighted by molar-refractivity contribution is 5.42. The monoisotopic (exact) mass is 231 g/mol. The van der Waals surface area contributed by atoms with Crippen LogP contribution in [0.2, 0.25) is 0 Å². The molecule has 5 heteroatoms. The van der Waals surface area contributed by atoms with Gasteiger partial charge in [-0.1, -0.05) is 12.1 Å². The van der Waals surface area contributed by atoms with Crippen molar-refractivity contribution in [1.29, 1.82) is 0 Å². The quantitative estimate of drug-likeness (QED) is 0.649. The Kier molecular flexibility index (Phi) is 3.09. The fraction of sp³-hybridized carbons (Fsp3) is 0.167. The highest BCUT2D eigenvalue weighted by atomic mass is 16.6. The molecule has 0 atom stereocenters. The van der Waals surface area contributed by atoms with Crippen molar-refractivity contribution in [3.8, 4) is 0 Å². The fourth-order valence-corrected chi connectivity index (χ4v) is 1.58. The van der Waals surface area contributed by atoms with Gasteiger partial charge in [0, 0.05) is 24.0 Å². The van der Waals surface area contributed by atoms with E-state index in [0.717, 1.165) is 5.56 Å². The number of aryl methyl sites for hydroxylation is 1. The molecule has 0 amide bonds. The Hall–Kier alpha value is -2.30. The second-order valence-electron chi connectivity index (χ2n) is 3.80. The van der Waals surface area contributed by atoms with E-state index in [9.17, 15) is 10.1 Å². The number of aromatic nitrogens is 1. The fourth-order valence-electron chi connectivity index (χ4n) is 1.58. The summed E-state index contributed by atoms with van der Waals surface area (Å²) in [5.41, 5.74) is 4.85. The molecule has 17 heavy (non-hydrogen) atoms. The van der Waals surface area contributed by atoms with E-state index < -0.39 is 0 Å². The number of hydrogen-bond acceptors (Lipinski definition) is 3. The van der Waals surface area contributed by atoms with E-state index in [1.165, 1.54) is 0 Å². The van der Waals surface area contributed by atoms with E-state index in [1.807, 2.05) is 35.3 Å². The number of rotatable bonds is 4. The third kappa shape index (κ3) is 2.63. The van der Waals surface area contributed by atoms with Crippen LogP contribution in [0.3, 0.4) is 0 Å². The Morgan fingerprint density at radius 3 is 2.71 bits per heavy atom. The lowest BCUT2D eigenvalue weighted by Gasteiger charge is -2.07. The van der Waals surface area contributed by atoms with Crippen molar-refractivity contribution in [3.05, 3.63) is 64.0 Å². The van der Waals surface area contributed by atoms with E-state index in [2.05, 4.69) is 5.43 Å². The number of nitro benzene ring substituents is 1. The van der Waals surface area contributed by atoms with Gasteiger partial charge in [-0.05, 0) is 24.6 Å². The van der Waals surface area contributed by atoms with Crippen LogP contribution in [0.15, 0.2) is 42.7 Å². The first-order valence-corrected chi connectivity index (χ1v) is 5.27. The van der Waals surface area contributed by atoms with Crippen LogP contribution in [0.5, 0.6) is 0 Å². The zero-order valence-electron chi connectivity index (χ0n) is 9.46. The van der Waals surface area contributed by atoms with Gasteiger partial charge in [-0.15, -0.1) is 0 Å². The van der Waals surface area contributed by atoms with Crippen LogP contribution in [-0.4, -0.2) is 9.60 Å². The third-order valence-corrected chi connectivity index (χ3v) is 2.54. The smallest absolute Gasteiger partial charge is 0.272 e. The van der Waals surface area contributed by atoms with Crippen molar-refractivity contribution in [2.75, 3.05) is 5.43 Å². The molecule has 0 spiro atoms. The molecule has 0 fully saturated rings. The lowest BCUT2D eigenvalue weighted by molar-refractivity contribution is -0.385. The van der Waals surface area contributed by atoms with E-state index in [0.29, 0.717) is 12.1 Å². The number of nitro groups is 1. The van der Waals surface area contributed by atoms with Crippen molar-refractivity contribution in [2.24, 2.45) is 0 Å². The van der Waals surface area contributed by atoms with E-state index in [1.54, 1.807) is 19.1 Å². The Labute approximate surface area is 98.8 Å². The van der Waals surface area contributed by atoms with Gasteiger partial charge in [0.05, 0.1) is 11.5 Å². The van der Waals surface area contributed by atoms with Crippen molar-refractivity contribution in [2.45, 2.75) is 13.5 Å². The maximum atomic E-state index is 10.8. The lowest BCUT2D eigenvalue weighted by atomic mass is 10.1. The van der Waals surface area contributed by atoms with Crippen LogP contribution in [0.4, 0.5) is 5.69 Å². The van der Waals surface area contributed by atoms with Crippen molar-refractivity contribution < 1.29 is 4.92 Å². The number of nitrogens with one attached hydrogen (secondary N) is 1. The molecule has 0 unspecified atom stereocenters. The molecule has 2 rings (SSSR count). The van der Waals surface area contributed by atoms with Crippen molar-refractivity contribution in [1.82, 2.24) is 4.68 Å². The van der Waals surface area contributed by atoms with Gasteiger partial charge in [-0.3, -0.25) is 14.8 Å². The normalized spacial score (nSPS) is 10.2. The largest absolute Gasteiger partial charge is 0.322 e. The van der Waals surface area contributed by atoms with Crippen LogP contribution in [0.1, 0.15) is 11.1 Å². The van der Waals surface area contributed by atoms with E-state index in [-0.39, 0.29) is 10.6 Å². The Bertz CT molecular complexity index is 521. The van der Waals surface area contributed by atoms with Crippen LogP contribution in [0.25, 0.3) is 0 Å². The van der Waals surface area contributed by atoms with Gasteiger partial charge in [0.15, 0.2) is 0 Å². The highest BCUT2D eigenvalue weighted by Crippen LogP contribution is 2.19. The van der Waals surface area contributed by atoms with Crippen LogP contribution >= 0.6 is 0 Å². The molecule has 1 aromatic carbocycles. The molecule has 0 saturated heterocycles. The average molecular weight is 231 g/mol. The average Bonchev–Trinajstić information content (AvgIpc) is 2.80. The number of nitrogens with zero attached hydrogens (tertiary/aromatic N) is 2. The molecule has 0 radical (unpaired) electrons. The molecular formula is C12H13N3O2. The van der Waals surface area contributed by atoms with Crippen LogP contribution in [-0.2, 0) is 6.54 Å². The third-order valence-electron chi connectivity index (χ3n) is 2.54. The summed E-state index contributed by atoms with van der Waals surface area (Å²) in [6.07, 6.45) is 3.76. The van der Waals surface area contributed by atoms with Crippen LogP contribution < -0.4 is 5.43 Å². The molecule has 0 bridgehead atoms. The zero-order valence-corrected chi connectivity index (χ0v) is 9.46. The molecular weight excluding hydrogens is 218 g/mol. The molecule has 1 N–H and O–H groups in total. The second kappa shape index (κ2) is 4.69.